The Kier molecular flexibility index (Phi) is 3.74. The minimum Gasteiger partial charge on any atom is -0.481 e. The Bertz CT molecular complexity index is 656. The molecule has 0 spiro atoms. The molecule has 4 heteroatoms. The SMILES string of the molecule is CC(C)(CC(=O)O)NC(=O)c1cccc2ccccc12. The van der Waals surface area contributed by atoms with Crippen LogP contribution in [0, 0.1) is 0 Å². The van der Waals surface area contributed by atoms with E-state index in [1.165, 1.54) is 0 Å². The summed E-state index contributed by atoms with van der Waals surface area (Å²) in [6.45, 7) is 3.40. The Hall–Kier alpha value is -2.36. The fourth-order valence-electron chi connectivity index (χ4n) is 2.22. The summed E-state index contributed by atoms with van der Waals surface area (Å²) in [5, 5.41) is 13.5. The van der Waals surface area contributed by atoms with Crippen LogP contribution in [0.3, 0.4) is 0 Å². The molecule has 0 aliphatic rings. The van der Waals surface area contributed by atoms with Crippen LogP contribution in [0.2, 0.25) is 0 Å². The lowest BCUT2D eigenvalue weighted by atomic mass is 9.98. The average Bonchev–Trinajstić information content (AvgIpc) is 2.35. The number of aliphatic carboxylic acids is 1. The first-order valence-electron chi connectivity index (χ1n) is 6.41. The first-order chi connectivity index (χ1) is 9.39. The average molecular weight is 271 g/mol. The smallest absolute Gasteiger partial charge is 0.305 e. The van der Waals surface area contributed by atoms with E-state index in [0.717, 1.165) is 10.8 Å². The molecule has 0 radical (unpaired) electrons. The zero-order chi connectivity index (χ0) is 14.8. The lowest BCUT2D eigenvalue weighted by Crippen LogP contribution is -2.45. The van der Waals surface area contributed by atoms with Crippen molar-refractivity contribution in [2.45, 2.75) is 25.8 Å². The van der Waals surface area contributed by atoms with Crippen molar-refractivity contribution < 1.29 is 14.7 Å². The molecular weight excluding hydrogens is 254 g/mol. The van der Waals surface area contributed by atoms with E-state index in [0.29, 0.717) is 5.56 Å². The first kappa shape index (κ1) is 14.1. The summed E-state index contributed by atoms with van der Waals surface area (Å²) in [5.74, 6) is -1.19. The van der Waals surface area contributed by atoms with Gasteiger partial charge in [-0.05, 0) is 30.7 Å². The lowest BCUT2D eigenvalue weighted by Gasteiger charge is -2.24. The van der Waals surface area contributed by atoms with Crippen LogP contribution in [0.15, 0.2) is 42.5 Å². The van der Waals surface area contributed by atoms with Crippen LogP contribution in [0.4, 0.5) is 0 Å². The summed E-state index contributed by atoms with van der Waals surface area (Å²) in [7, 11) is 0. The maximum atomic E-state index is 12.4. The van der Waals surface area contributed by atoms with Gasteiger partial charge in [-0.2, -0.15) is 0 Å². The van der Waals surface area contributed by atoms with Crippen molar-refractivity contribution in [2.24, 2.45) is 0 Å². The van der Waals surface area contributed by atoms with Crippen molar-refractivity contribution in [3.8, 4) is 0 Å². The number of fused-ring (bicyclic) bond motifs is 1. The highest BCUT2D eigenvalue weighted by atomic mass is 16.4. The summed E-state index contributed by atoms with van der Waals surface area (Å²) in [6.07, 6.45) is -0.122. The van der Waals surface area contributed by atoms with Gasteiger partial charge in [-0.1, -0.05) is 36.4 Å². The van der Waals surface area contributed by atoms with Gasteiger partial charge in [0.25, 0.3) is 5.91 Å². The molecule has 1 amide bonds. The summed E-state index contributed by atoms with van der Waals surface area (Å²) in [4.78, 5) is 23.1. The van der Waals surface area contributed by atoms with Gasteiger partial charge in [-0.3, -0.25) is 9.59 Å². The van der Waals surface area contributed by atoms with Crippen molar-refractivity contribution in [2.75, 3.05) is 0 Å². The van der Waals surface area contributed by atoms with Crippen LogP contribution in [-0.4, -0.2) is 22.5 Å². The number of carbonyl (C=O) groups is 2. The van der Waals surface area contributed by atoms with Crippen molar-refractivity contribution >= 4 is 22.6 Å². The molecule has 0 heterocycles. The molecule has 2 N–H and O–H groups in total. The number of carboxylic acids is 1. The largest absolute Gasteiger partial charge is 0.481 e. The highest BCUT2D eigenvalue weighted by Crippen LogP contribution is 2.19. The van der Waals surface area contributed by atoms with E-state index in [1.807, 2.05) is 36.4 Å². The third-order valence-corrected chi connectivity index (χ3v) is 3.08. The second kappa shape index (κ2) is 5.33. The maximum absolute atomic E-state index is 12.4. The summed E-state index contributed by atoms with van der Waals surface area (Å²) in [6, 6.07) is 13.1. The maximum Gasteiger partial charge on any atom is 0.305 e. The Morgan fingerprint density at radius 2 is 1.75 bits per heavy atom. The van der Waals surface area contributed by atoms with E-state index >= 15 is 0 Å². The summed E-state index contributed by atoms with van der Waals surface area (Å²) in [5.41, 5.74) is -0.235. The molecule has 2 aromatic carbocycles. The predicted molar refractivity (Wildman–Crippen MR) is 77.7 cm³/mol. The molecule has 0 fully saturated rings. The molecule has 0 aliphatic heterocycles. The molecule has 0 bridgehead atoms. The zero-order valence-corrected chi connectivity index (χ0v) is 11.5. The van der Waals surface area contributed by atoms with Crippen molar-refractivity contribution in [1.82, 2.24) is 5.32 Å². The Balaban J connectivity index is 2.30. The molecule has 104 valence electrons. The van der Waals surface area contributed by atoms with Crippen LogP contribution < -0.4 is 5.32 Å². The molecule has 0 saturated heterocycles. The number of rotatable bonds is 4. The predicted octanol–water partition coefficient (Wildman–Crippen LogP) is 2.82. The first-order valence-corrected chi connectivity index (χ1v) is 6.41. The van der Waals surface area contributed by atoms with Crippen LogP contribution in [0.1, 0.15) is 30.6 Å². The molecule has 2 rings (SSSR count). The molecule has 0 saturated carbocycles. The minimum absolute atomic E-state index is 0.122. The van der Waals surface area contributed by atoms with Crippen LogP contribution in [0.5, 0.6) is 0 Å². The molecule has 0 unspecified atom stereocenters. The number of hydrogen-bond donors (Lipinski definition) is 2. The highest BCUT2D eigenvalue weighted by Gasteiger charge is 2.24. The van der Waals surface area contributed by atoms with E-state index in [9.17, 15) is 9.59 Å². The number of carbonyl (C=O) groups excluding carboxylic acids is 1. The molecule has 4 nitrogen and oxygen atoms in total. The third-order valence-electron chi connectivity index (χ3n) is 3.08. The molecule has 0 aromatic heterocycles. The van der Waals surface area contributed by atoms with Gasteiger partial charge in [0.1, 0.15) is 0 Å². The number of nitrogens with one attached hydrogen (secondary N) is 1. The second-order valence-corrected chi connectivity index (χ2v) is 5.44. The molecule has 0 atom stereocenters. The van der Waals surface area contributed by atoms with Crippen molar-refractivity contribution in [3.05, 3.63) is 48.0 Å². The number of amides is 1. The van der Waals surface area contributed by atoms with E-state index in [1.54, 1.807) is 19.9 Å². The van der Waals surface area contributed by atoms with Crippen molar-refractivity contribution in [1.29, 1.82) is 0 Å². The van der Waals surface area contributed by atoms with Gasteiger partial charge in [0.15, 0.2) is 0 Å². The van der Waals surface area contributed by atoms with E-state index < -0.39 is 11.5 Å². The van der Waals surface area contributed by atoms with E-state index in [4.69, 9.17) is 5.11 Å². The van der Waals surface area contributed by atoms with Gasteiger partial charge < -0.3 is 10.4 Å². The van der Waals surface area contributed by atoms with E-state index in [-0.39, 0.29) is 12.3 Å². The topological polar surface area (TPSA) is 66.4 Å². The molecule has 2 aromatic rings. The van der Waals surface area contributed by atoms with Crippen LogP contribution in [-0.2, 0) is 4.79 Å². The third kappa shape index (κ3) is 3.15. The quantitative estimate of drug-likeness (QED) is 0.898. The lowest BCUT2D eigenvalue weighted by molar-refractivity contribution is -0.138. The number of carboxylic acid groups (broad SMARTS) is 1. The molecular formula is C16H17NO3. The summed E-state index contributed by atoms with van der Waals surface area (Å²) < 4.78 is 0. The Labute approximate surface area is 117 Å². The fourth-order valence-corrected chi connectivity index (χ4v) is 2.22. The van der Waals surface area contributed by atoms with E-state index in [2.05, 4.69) is 5.32 Å². The number of benzene rings is 2. The molecule has 0 aliphatic carbocycles. The monoisotopic (exact) mass is 271 g/mol. The normalized spacial score (nSPS) is 11.3. The standard InChI is InChI=1S/C16H17NO3/c1-16(2,10-14(18)19)17-15(20)13-9-5-7-11-6-3-4-8-12(11)13/h3-9H,10H2,1-2H3,(H,17,20)(H,18,19). The van der Waals surface area contributed by atoms with Gasteiger partial charge in [0.05, 0.1) is 6.42 Å². The highest BCUT2D eigenvalue weighted by molar-refractivity contribution is 6.07. The minimum atomic E-state index is -0.937. The fraction of sp³-hybridized carbons (Fsp3) is 0.250. The van der Waals surface area contributed by atoms with Crippen LogP contribution in [0.25, 0.3) is 10.8 Å². The van der Waals surface area contributed by atoms with Gasteiger partial charge in [0.2, 0.25) is 0 Å². The van der Waals surface area contributed by atoms with Crippen LogP contribution >= 0.6 is 0 Å². The van der Waals surface area contributed by atoms with Gasteiger partial charge in [-0.25, -0.2) is 0 Å². The summed E-state index contributed by atoms with van der Waals surface area (Å²) >= 11 is 0. The second-order valence-electron chi connectivity index (χ2n) is 5.44. The number of hydrogen-bond acceptors (Lipinski definition) is 2. The zero-order valence-electron chi connectivity index (χ0n) is 11.5. The van der Waals surface area contributed by atoms with Gasteiger partial charge in [0, 0.05) is 11.1 Å². The Morgan fingerprint density at radius 3 is 2.45 bits per heavy atom. The molecule has 20 heavy (non-hydrogen) atoms. The van der Waals surface area contributed by atoms with Gasteiger partial charge >= 0.3 is 5.97 Å². The Morgan fingerprint density at radius 1 is 1.10 bits per heavy atom. The van der Waals surface area contributed by atoms with Crippen molar-refractivity contribution in [3.63, 3.8) is 0 Å². The van der Waals surface area contributed by atoms with Gasteiger partial charge in [-0.15, -0.1) is 0 Å².